The molecule has 1 aliphatic carbocycles. The first-order valence-electron chi connectivity index (χ1n) is 5.25. The number of nitrogens with zero attached hydrogens (tertiary/aromatic N) is 3. The van der Waals surface area contributed by atoms with Gasteiger partial charge >= 0.3 is 0 Å². The van der Waals surface area contributed by atoms with Crippen LogP contribution >= 0.6 is 15.9 Å². The molecular formula is C11H12BrN3O. The summed E-state index contributed by atoms with van der Waals surface area (Å²) in [6.07, 6.45) is 3.70. The maximum absolute atomic E-state index is 8.58. The highest BCUT2D eigenvalue weighted by molar-refractivity contribution is 9.10. The second kappa shape index (κ2) is 4.76. The lowest BCUT2D eigenvalue weighted by Gasteiger charge is -2.24. The van der Waals surface area contributed by atoms with Gasteiger partial charge in [-0.15, -0.1) is 0 Å². The second-order valence-electron chi connectivity index (χ2n) is 3.90. The van der Waals surface area contributed by atoms with Crippen molar-refractivity contribution in [3.05, 3.63) is 39.2 Å². The van der Waals surface area contributed by atoms with Crippen molar-refractivity contribution in [3.8, 4) is 5.75 Å². The van der Waals surface area contributed by atoms with Crippen molar-refractivity contribution in [2.45, 2.75) is 31.4 Å². The van der Waals surface area contributed by atoms with E-state index in [2.05, 4.69) is 26.0 Å². The van der Waals surface area contributed by atoms with Crippen LogP contribution in [0.15, 0.2) is 33.9 Å². The minimum Gasteiger partial charge on any atom is -0.481 e. The number of benzene rings is 1. The minimum atomic E-state index is -0.664. The van der Waals surface area contributed by atoms with E-state index in [0.717, 1.165) is 35.9 Å². The Morgan fingerprint density at radius 1 is 1.25 bits per heavy atom. The number of ether oxygens (including phenoxy) is 1. The van der Waals surface area contributed by atoms with Gasteiger partial charge in [0.25, 0.3) is 0 Å². The predicted octanol–water partition coefficient (Wildman–Crippen LogP) is 4.41. The molecule has 0 heterocycles. The highest BCUT2D eigenvalue weighted by atomic mass is 79.9. The van der Waals surface area contributed by atoms with E-state index in [0.29, 0.717) is 0 Å². The summed E-state index contributed by atoms with van der Waals surface area (Å²) in [5.74, 6) is 0.748. The van der Waals surface area contributed by atoms with Crippen molar-refractivity contribution in [1.29, 1.82) is 0 Å². The normalized spacial score (nSPS) is 17.8. The zero-order chi connectivity index (χ0) is 11.4. The maximum Gasteiger partial charge on any atom is 0.187 e. The summed E-state index contributed by atoms with van der Waals surface area (Å²) in [5, 5.41) is 3.82. The molecule has 1 aromatic rings. The molecule has 0 bridgehead atoms. The number of halogens is 1. The van der Waals surface area contributed by atoms with E-state index in [4.69, 9.17) is 10.3 Å². The van der Waals surface area contributed by atoms with Crippen LogP contribution in [-0.4, -0.2) is 5.72 Å². The number of hydrogen-bond donors (Lipinski definition) is 0. The molecule has 1 aliphatic rings. The molecule has 0 aliphatic heterocycles. The fraction of sp³-hybridized carbons (Fsp3) is 0.455. The lowest BCUT2D eigenvalue weighted by Crippen LogP contribution is -2.29. The maximum atomic E-state index is 8.58. The van der Waals surface area contributed by atoms with Crippen LogP contribution in [0.3, 0.4) is 0 Å². The van der Waals surface area contributed by atoms with E-state index in [9.17, 15) is 0 Å². The Morgan fingerprint density at radius 3 is 2.44 bits per heavy atom. The standard InChI is InChI=1S/C11H12BrN3O/c12-9-3-5-10(6-4-9)16-11(14-15-13)7-1-2-8-11/h3-6H,1-2,7-8H2. The quantitative estimate of drug-likeness (QED) is 0.460. The van der Waals surface area contributed by atoms with Crippen molar-refractivity contribution in [1.82, 2.24) is 0 Å². The molecule has 0 unspecified atom stereocenters. The smallest absolute Gasteiger partial charge is 0.187 e. The van der Waals surface area contributed by atoms with Crippen LogP contribution in [0, 0.1) is 0 Å². The topological polar surface area (TPSA) is 58.0 Å². The van der Waals surface area contributed by atoms with Crippen LogP contribution in [0.5, 0.6) is 5.75 Å². The molecule has 16 heavy (non-hydrogen) atoms. The first-order chi connectivity index (χ1) is 7.74. The lowest BCUT2D eigenvalue weighted by atomic mass is 10.2. The van der Waals surface area contributed by atoms with Gasteiger partial charge in [0.2, 0.25) is 0 Å². The summed E-state index contributed by atoms with van der Waals surface area (Å²) in [7, 11) is 0. The summed E-state index contributed by atoms with van der Waals surface area (Å²) in [6.45, 7) is 0. The fourth-order valence-electron chi connectivity index (χ4n) is 1.95. The first kappa shape index (κ1) is 11.3. The zero-order valence-corrected chi connectivity index (χ0v) is 10.4. The van der Waals surface area contributed by atoms with E-state index in [1.807, 2.05) is 24.3 Å². The average Bonchev–Trinajstić information content (AvgIpc) is 2.71. The van der Waals surface area contributed by atoms with E-state index < -0.39 is 5.72 Å². The predicted molar refractivity (Wildman–Crippen MR) is 65.1 cm³/mol. The Hall–Kier alpha value is -1.19. The van der Waals surface area contributed by atoms with Crippen LogP contribution < -0.4 is 4.74 Å². The third-order valence-corrected chi connectivity index (χ3v) is 3.26. The number of hydrogen-bond acceptors (Lipinski definition) is 2. The Bertz CT molecular complexity index is 406. The molecule has 0 N–H and O–H groups in total. The van der Waals surface area contributed by atoms with Gasteiger partial charge in [-0.05, 0) is 60.6 Å². The summed E-state index contributed by atoms with van der Waals surface area (Å²) >= 11 is 3.36. The van der Waals surface area contributed by atoms with Crippen molar-refractivity contribution >= 4 is 15.9 Å². The second-order valence-corrected chi connectivity index (χ2v) is 4.81. The van der Waals surface area contributed by atoms with Crippen molar-refractivity contribution in [2.24, 2.45) is 5.11 Å². The molecule has 0 saturated heterocycles. The monoisotopic (exact) mass is 281 g/mol. The van der Waals surface area contributed by atoms with E-state index in [-0.39, 0.29) is 0 Å². The molecule has 0 radical (unpaired) electrons. The summed E-state index contributed by atoms with van der Waals surface area (Å²) in [5.41, 5.74) is 7.92. The molecule has 0 atom stereocenters. The van der Waals surface area contributed by atoms with Gasteiger partial charge in [-0.3, -0.25) is 0 Å². The average molecular weight is 282 g/mol. The van der Waals surface area contributed by atoms with Gasteiger partial charge in [-0.2, -0.15) is 0 Å². The highest BCUT2D eigenvalue weighted by Crippen LogP contribution is 2.36. The molecule has 0 amide bonds. The van der Waals surface area contributed by atoms with Crippen LogP contribution in [0.4, 0.5) is 0 Å². The largest absolute Gasteiger partial charge is 0.481 e. The number of rotatable bonds is 3. The molecular weight excluding hydrogens is 270 g/mol. The van der Waals surface area contributed by atoms with E-state index in [1.165, 1.54) is 0 Å². The van der Waals surface area contributed by atoms with Gasteiger partial charge < -0.3 is 4.74 Å². The lowest BCUT2D eigenvalue weighted by molar-refractivity contribution is 0.0838. The van der Waals surface area contributed by atoms with Gasteiger partial charge in [-0.1, -0.05) is 15.9 Å². The van der Waals surface area contributed by atoms with Gasteiger partial charge in [-0.25, -0.2) is 0 Å². The summed E-state index contributed by atoms with van der Waals surface area (Å²) < 4.78 is 6.82. The third kappa shape index (κ3) is 2.49. The van der Waals surface area contributed by atoms with Crippen LogP contribution in [0.2, 0.25) is 0 Å². The zero-order valence-electron chi connectivity index (χ0n) is 8.77. The van der Waals surface area contributed by atoms with Crippen molar-refractivity contribution in [3.63, 3.8) is 0 Å². The first-order valence-corrected chi connectivity index (χ1v) is 6.04. The molecule has 1 saturated carbocycles. The van der Waals surface area contributed by atoms with Gasteiger partial charge in [0.1, 0.15) is 5.75 Å². The molecule has 5 heteroatoms. The van der Waals surface area contributed by atoms with Gasteiger partial charge in [0.15, 0.2) is 5.72 Å². The van der Waals surface area contributed by atoms with Gasteiger partial charge in [0, 0.05) is 9.38 Å². The number of azide groups is 1. The van der Waals surface area contributed by atoms with E-state index in [1.54, 1.807) is 0 Å². The third-order valence-electron chi connectivity index (χ3n) is 2.73. The van der Waals surface area contributed by atoms with Gasteiger partial charge in [0.05, 0.1) is 0 Å². The molecule has 0 spiro atoms. The molecule has 1 fully saturated rings. The van der Waals surface area contributed by atoms with Crippen LogP contribution in [-0.2, 0) is 0 Å². The minimum absolute atomic E-state index is 0.664. The SMILES string of the molecule is [N-]=[N+]=NC1(Oc2ccc(Br)cc2)CCCC1. The molecule has 84 valence electrons. The van der Waals surface area contributed by atoms with E-state index >= 15 is 0 Å². The summed E-state index contributed by atoms with van der Waals surface area (Å²) in [4.78, 5) is 2.89. The van der Waals surface area contributed by atoms with Crippen LogP contribution in [0.1, 0.15) is 25.7 Å². The molecule has 0 aromatic heterocycles. The summed E-state index contributed by atoms with van der Waals surface area (Å²) in [6, 6.07) is 7.57. The Morgan fingerprint density at radius 2 is 1.88 bits per heavy atom. The molecule has 1 aromatic carbocycles. The Labute approximate surface area is 102 Å². The Balaban J connectivity index is 2.17. The molecule has 2 rings (SSSR count). The highest BCUT2D eigenvalue weighted by Gasteiger charge is 2.35. The van der Waals surface area contributed by atoms with Crippen molar-refractivity contribution in [2.75, 3.05) is 0 Å². The molecule has 4 nitrogen and oxygen atoms in total. The fourth-order valence-corrected chi connectivity index (χ4v) is 2.22. The van der Waals surface area contributed by atoms with Crippen molar-refractivity contribution < 1.29 is 4.74 Å². The van der Waals surface area contributed by atoms with Crippen LogP contribution in [0.25, 0.3) is 10.4 Å². The Kier molecular flexibility index (Phi) is 3.36.